The van der Waals surface area contributed by atoms with Gasteiger partial charge >= 0.3 is 6.03 Å². The molecule has 118 valence electrons. The lowest BCUT2D eigenvalue weighted by Gasteiger charge is -2.23. The average Bonchev–Trinajstić information content (AvgIpc) is 2.42. The molecule has 0 aliphatic rings. The number of rotatable bonds is 6. The lowest BCUT2D eigenvalue weighted by molar-refractivity contribution is 0.230. The number of benzene rings is 1. The Balaban J connectivity index is 2.59. The maximum absolute atomic E-state index is 13.5. The second-order valence-electron chi connectivity index (χ2n) is 5.09. The number of carbonyl (C=O) groups excluding carboxylic acids is 1. The minimum Gasteiger partial charge on any atom is -0.395 e. The van der Waals surface area contributed by atoms with E-state index >= 15 is 0 Å². The summed E-state index contributed by atoms with van der Waals surface area (Å²) < 4.78 is 13.5. The summed E-state index contributed by atoms with van der Waals surface area (Å²) in [5, 5.41) is 14.7. The molecule has 3 unspecified atom stereocenters. The number of nitrogens with one attached hydrogen (secondary N) is 2. The van der Waals surface area contributed by atoms with Crippen LogP contribution in [0.5, 0.6) is 0 Å². The fraction of sp³-hybridized carbons (Fsp3) is 0.533. The van der Waals surface area contributed by atoms with Crippen LogP contribution in [0.15, 0.2) is 18.2 Å². The molecule has 0 aromatic heterocycles. The Morgan fingerprint density at radius 2 is 2.05 bits per heavy atom. The fourth-order valence-electron chi connectivity index (χ4n) is 1.94. The highest BCUT2D eigenvalue weighted by atomic mass is 32.2. The highest BCUT2D eigenvalue weighted by molar-refractivity contribution is 7.99. The van der Waals surface area contributed by atoms with Crippen LogP contribution in [0.1, 0.15) is 31.0 Å². The van der Waals surface area contributed by atoms with E-state index in [1.54, 1.807) is 26.0 Å². The van der Waals surface area contributed by atoms with Crippen LogP contribution in [0.3, 0.4) is 0 Å². The maximum atomic E-state index is 13.5. The van der Waals surface area contributed by atoms with Crippen molar-refractivity contribution in [1.29, 1.82) is 0 Å². The topological polar surface area (TPSA) is 61.4 Å². The summed E-state index contributed by atoms with van der Waals surface area (Å²) in [7, 11) is 0. The Bertz CT molecular complexity index is 481. The predicted molar refractivity (Wildman–Crippen MR) is 85.1 cm³/mol. The highest BCUT2D eigenvalue weighted by Crippen LogP contribution is 2.16. The van der Waals surface area contributed by atoms with Crippen LogP contribution in [0, 0.1) is 12.7 Å². The summed E-state index contributed by atoms with van der Waals surface area (Å²) in [5.74, 6) is -0.280. The first-order valence-electron chi connectivity index (χ1n) is 6.85. The van der Waals surface area contributed by atoms with Crippen LogP contribution in [-0.4, -0.2) is 35.3 Å². The SMILES string of the molecule is CSC(CO)C(C)NC(=O)NC(C)c1ccc(C)c(F)c1. The zero-order chi connectivity index (χ0) is 16.0. The highest BCUT2D eigenvalue weighted by Gasteiger charge is 2.18. The Kier molecular flexibility index (Phi) is 6.98. The van der Waals surface area contributed by atoms with Gasteiger partial charge in [0.1, 0.15) is 5.82 Å². The van der Waals surface area contributed by atoms with Crippen LogP contribution in [0.2, 0.25) is 0 Å². The molecule has 1 aromatic rings. The molecule has 4 nitrogen and oxygen atoms in total. The van der Waals surface area contributed by atoms with E-state index in [1.807, 2.05) is 13.2 Å². The standard InChI is InChI=1S/C15H23FN2O2S/c1-9-5-6-12(7-13(9)16)10(2)17-15(20)18-11(3)14(8-19)21-4/h5-7,10-11,14,19H,8H2,1-4H3,(H2,17,18,20). The van der Waals surface area contributed by atoms with Gasteiger partial charge in [0.15, 0.2) is 0 Å². The summed E-state index contributed by atoms with van der Waals surface area (Å²) in [6.07, 6.45) is 1.88. The molecule has 21 heavy (non-hydrogen) atoms. The normalized spacial score (nSPS) is 15.1. The van der Waals surface area contributed by atoms with Gasteiger partial charge in [-0.2, -0.15) is 11.8 Å². The summed E-state index contributed by atoms with van der Waals surface area (Å²) >= 11 is 1.50. The molecular formula is C15H23FN2O2S. The first-order valence-corrected chi connectivity index (χ1v) is 8.14. The molecule has 0 aliphatic carbocycles. The minimum absolute atomic E-state index is 0.00133. The maximum Gasteiger partial charge on any atom is 0.315 e. The first kappa shape index (κ1) is 17.8. The molecule has 0 aliphatic heterocycles. The van der Waals surface area contributed by atoms with Gasteiger partial charge in [-0.3, -0.25) is 0 Å². The van der Waals surface area contributed by atoms with E-state index in [4.69, 9.17) is 0 Å². The van der Waals surface area contributed by atoms with Crippen molar-refractivity contribution in [2.45, 2.75) is 38.1 Å². The Morgan fingerprint density at radius 3 is 2.57 bits per heavy atom. The largest absolute Gasteiger partial charge is 0.395 e. The second-order valence-corrected chi connectivity index (χ2v) is 6.17. The van der Waals surface area contributed by atoms with Crippen molar-refractivity contribution in [3.05, 3.63) is 35.1 Å². The average molecular weight is 314 g/mol. The van der Waals surface area contributed by atoms with E-state index in [-0.39, 0.29) is 35.8 Å². The van der Waals surface area contributed by atoms with Gasteiger partial charge in [0.25, 0.3) is 0 Å². The van der Waals surface area contributed by atoms with Crippen LogP contribution < -0.4 is 10.6 Å². The van der Waals surface area contributed by atoms with Gasteiger partial charge in [-0.15, -0.1) is 0 Å². The molecule has 6 heteroatoms. The van der Waals surface area contributed by atoms with Crippen molar-refractivity contribution in [2.24, 2.45) is 0 Å². The number of thioether (sulfide) groups is 1. The minimum atomic E-state index is -0.330. The van der Waals surface area contributed by atoms with Crippen molar-refractivity contribution >= 4 is 17.8 Å². The lowest BCUT2D eigenvalue weighted by Crippen LogP contribution is -2.46. The monoisotopic (exact) mass is 314 g/mol. The Hall–Kier alpha value is -1.27. The molecule has 3 N–H and O–H groups in total. The zero-order valence-corrected chi connectivity index (χ0v) is 13.6. The second kappa shape index (κ2) is 8.24. The van der Waals surface area contributed by atoms with E-state index in [0.29, 0.717) is 11.1 Å². The third kappa shape index (κ3) is 5.21. The van der Waals surface area contributed by atoms with Gasteiger partial charge in [-0.1, -0.05) is 12.1 Å². The third-order valence-corrected chi connectivity index (χ3v) is 4.61. The van der Waals surface area contributed by atoms with Crippen molar-refractivity contribution in [3.8, 4) is 0 Å². The molecule has 0 heterocycles. The summed E-state index contributed by atoms with van der Waals surface area (Å²) in [5.41, 5.74) is 1.29. The van der Waals surface area contributed by atoms with Crippen LogP contribution in [0.25, 0.3) is 0 Å². The summed E-state index contributed by atoms with van der Waals surface area (Å²) in [6, 6.07) is 4.14. The van der Waals surface area contributed by atoms with Gasteiger partial charge < -0.3 is 15.7 Å². The van der Waals surface area contributed by atoms with Gasteiger partial charge in [0, 0.05) is 11.3 Å². The number of hydrogen-bond acceptors (Lipinski definition) is 3. The molecule has 2 amide bonds. The third-order valence-electron chi connectivity index (χ3n) is 3.44. The number of aliphatic hydroxyl groups excluding tert-OH is 1. The molecule has 0 saturated heterocycles. The van der Waals surface area contributed by atoms with E-state index in [2.05, 4.69) is 10.6 Å². The van der Waals surface area contributed by atoms with E-state index in [0.717, 1.165) is 0 Å². The number of halogens is 1. The molecule has 0 radical (unpaired) electrons. The number of carbonyl (C=O) groups is 1. The molecule has 0 bridgehead atoms. The zero-order valence-electron chi connectivity index (χ0n) is 12.8. The van der Waals surface area contributed by atoms with Crippen molar-refractivity contribution in [3.63, 3.8) is 0 Å². The molecular weight excluding hydrogens is 291 g/mol. The number of aliphatic hydroxyl groups is 1. The van der Waals surface area contributed by atoms with Gasteiger partial charge in [0.05, 0.1) is 12.6 Å². The van der Waals surface area contributed by atoms with Crippen molar-refractivity contribution in [1.82, 2.24) is 10.6 Å². The van der Waals surface area contributed by atoms with E-state index in [1.165, 1.54) is 17.8 Å². The summed E-state index contributed by atoms with van der Waals surface area (Å²) in [4.78, 5) is 11.9. The Labute approximate surface area is 129 Å². The van der Waals surface area contributed by atoms with Crippen LogP contribution in [0.4, 0.5) is 9.18 Å². The van der Waals surface area contributed by atoms with Gasteiger partial charge in [0.2, 0.25) is 0 Å². The predicted octanol–water partition coefficient (Wildman–Crippen LogP) is 2.61. The quantitative estimate of drug-likeness (QED) is 0.756. The molecule has 0 saturated carbocycles. The number of urea groups is 1. The molecule has 0 spiro atoms. The number of hydrogen-bond donors (Lipinski definition) is 3. The van der Waals surface area contributed by atoms with E-state index < -0.39 is 0 Å². The van der Waals surface area contributed by atoms with Crippen molar-refractivity contribution < 1.29 is 14.3 Å². The lowest BCUT2D eigenvalue weighted by atomic mass is 10.1. The van der Waals surface area contributed by atoms with Crippen LogP contribution in [-0.2, 0) is 0 Å². The smallest absolute Gasteiger partial charge is 0.315 e. The van der Waals surface area contributed by atoms with Gasteiger partial charge in [-0.05, 0) is 44.2 Å². The summed E-state index contributed by atoms with van der Waals surface area (Å²) in [6.45, 7) is 5.34. The molecule has 1 rings (SSSR count). The number of aryl methyl sites for hydroxylation is 1. The molecule has 1 aromatic carbocycles. The molecule has 3 atom stereocenters. The first-order chi connectivity index (χ1) is 9.88. The van der Waals surface area contributed by atoms with Gasteiger partial charge in [-0.25, -0.2) is 9.18 Å². The number of amides is 2. The van der Waals surface area contributed by atoms with Crippen LogP contribution >= 0.6 is 11.8 Å². The fourth-order valence-corrected chi connectivity index (χ4v) is 2.56. The molecule has 0 fully saturated rings. The van der Waals surface area contributed by atoms with E-state index in [9.17, 15) is 14.3 Å². The Morgan fingerprint density at radius 1 is 1.38 bits per heavy atom. The van der Waals surface area contributed by atoms with Crippen molar-refractivity contribution in [2.75, 3.05) is 12.9 Å².